The van der Waals surface area contributed by atoms with E-state index < -0.39 is 15.9 Å². The van der Waals surface area contributed by atoms with Crippen molar-refractivity contribution in [2.75, 3.05) is 12.0 Å². The van der Waals surface area contributed by atoms with Gasteiger partial charge in [-0.05, 0) is 31.4 Å². The second-order valence-corrected chi connectivity index (χ2v) is 6.28. The quantitative estimate of drug-likeness (QED) is 0.845. The molecule has 16 heavy (non-hydrogen) atoms. The van der Waals surface area contributed by atoms with E-state index in [9.17, 15) is 13.5 Å². The van der Waals surface area contributed by atoms with Gasteiger partial charge in [0.25, 0.3) is 0 Å². The van der Waals surface area contributed by atoms with Crippen molar-refractivity contribution >= 4 is 9.84 Å². The summed E-state index contributed by atoms with van der Waals surface area (Å²) in [5, 5.41) is 9.77. The van der Waals surface area contributed by atoms with Crippen molar-refractivity contribution in [3.05, 3.63) is 29.6 Å². The summed E-state index contributed by atoms with van der Waals surface area (Å²) < 4.78 is 21.8. The van der Waals surface area contributed by atoms with Crippen molar-refractivity contribution in [3.63, 3.8) is 0 Å². The van der Waals surface area contributed by atoms with Crippen LogP contribution in [0.3, 0.4) is 0 Å². The van der Waals surface area contributed by atoms with Crippen LogP contribution in [0.2, 0.25) is 0 Å². The molecule has 1 aromatic heterocycles. The number of sulfone groups is 1. The smallest absolute Gasteiger partial charge is 0.147 e. The third-order valence-electron chi connectivity index (χ3n) is 2.31. The number of aliphatic hydroxyl groups excluding tert-OH is 1. The molecule has 0 radical (unpaired) electrons. The van der Waals surface area contributed by atoms with Crippen molar-refractivity contribution < 1.29 is 13.5 Å². The van der Waals surface area contributed by atoms with Gasteiger partial charge in [0.15, 0.2) is 0 Å². The third-order valence-corrected chi connectivity index (χ3v) is 3.34. The van der Waals surface area contributed by atoms with Crippen LogP contribution in [-0.4, -0.2) is 30.5 Å². The van der Waals surface area contributed by atoms with Gasteiger partial charge in [-0.25, -0.2) is 8.42 Å². The summed E-state index contributed by atoms with van der Waals surface area (Å²) >= 11 is 0. The lowest BCUT2D eigenvalue weighted by Gasteiger charge is -2.10. The summed E-state index contributed by atoms with van der Waals surface area (Å²) in [7, 11) is -2.94. The summed E-state index contributed by atoms with van der Waals surface area (Å²) in [5.41, 5.74) is 1.63. The van der Waals surface area contributed by atoms with Crippen LogP contribution in [0.25, 0.3) is 0 Å². The minimum atomic E-state index is -2.94. The normalized spacial score (nSPS) is 13.7. The Morgan fingerprint density at radius 2 is 2.12 bits per heavy atom. The van der Waals surface area contributed by atoms with Gasteiger partial charge in [0, 0.05) is 23.9 Å². The fourth-order valence-electron chi connectivity index (χ4n) is 1.38. The number of nitrogens with zero attached hydrogens (tertiary/aromatic N) is 1. The van der Waals surface area contributed by atoms with E-state index in [2.05, 4.69) is 4.98 Å². The Kier molecular flexibility index (Phi) is 4.44. The van der Waals surface area contributed by atoms with E-state index in [1.807, 2.05) is 19.1 Å². The highest BCUT2D eigenvalue weighted by molar-refractivity contribution is 7.90. The molecule has 1 rings (SSSR count). The molecule has 0 bridgehead atoms. The summed E-state index contributed by atoms with van der Waals surface area (Å²) in [4.78, 5) is 4.08. The Bertz CT molecular complexity index is 425. The van der Waals surface area contributed by atoms with Gasteiger partial charge in [-0.1, -0.05) is 6.07 Å². The first-order chi connectivity index (χ1) is 7.38. The summed E-state index contributed by atoms with van der Waals surface area (Å²) in [6, 6.07) is 3.64. The molecule has 1 aromatic rings. The van der Waals surface area contributed by atoms with Crippen LogP contribution >= 0.6 is 0 Å². The van der Waals surface area contributed by atoms with Gasteiger partial charge >= 0.3 is 0 Å². The van der Waals surface area contributed by atoms with Crippen molar-refractivity contribution in [1.82, 2.24) is 4.98 Å². The van der Waals surface area contributed by atoms with Crippen LogP contribution < -0.4 is 0 Å². The van der Waals surface area contributed by atoms with Gasteiger partial charge in [-0.3, -0.25) is 4.98 Å². The molecule has 0 amide bonds. The van der Waals surface area contributed by atoms with Crippen LogP contribution in [0.4, 0.5) is 0 Å². The van der Waals surface area contributed by atoms with Gasteiger partial charge in [0.05, 0.1) is 6.10 Å². The molecule has 5 heteroatoms. The third kappa shape index (κ3) is 4.72. The minimum absolute atomic E-state index is 0.114. The minimum Gasteiger partial charge on any atom is -0.388 e. The molecule has 1 unspecified atom stereocenters. The largest absolute Gasteiger partial charge is 0.388 e. The molecule has 0 aliphatic rings. The number of hydrogen-bond donors (Lipinski definition) is 1. The zero-order valence-electron chi connectivity index (χ0n) is 9.55. The number of aliphatic hydroxyl groups is 1. The Morgan fingerprint density at radius 1 is 1.44 bits per heavy atom. The highest BCUT2D eigenvalue weighted by atomic mass is 32.2. The van der Waals surface area contributed by atoms with Crippen molar-refractivity contribution in [2.45, 2.75) is 25.9 Å². The summed E-state index contributed by atoms with van der Waals surface area (Å²) in [6.45, 7) is 1.87. The Balaban J connectivity index is 2.47. The molecule has 0 saturated carbocycles. The van der Waals surface area contributed by atoms with Crippen molar-refractivity contribution in [2.24, 2.45) is 0 Å². The standard InChI is InChI=1S/C11H17NO3S/c1-9-5-6-10(8-12-9)11(13)4-3-7-16(2,14)15/h5-6,8,11,13H,3-4,7H2,1-2H3. The molecule has 0 aliphatic heterocycles. The highest BCUT2D eigenvalue weighted by Gasteiger charge is 2.09. The van der Waals surface area contributed by atoms with Crippen molar-refractivity contribution in [1.29, 1.82) is 0 Å². The Labute approximate surface area is 96.3 Å². The molecule has 0 aliphatic carbocycles. The molecule has 1 atom stereocenters. The maximum Gasteiger partial charge on any atom is 0.147 e. The lowest BCUT2D eigenvalue weighted by molar-refractivity contribution is 0.166. The van der Waals surface area contributed by atoms with Crippen LogP contribution in [0.1, 0.15) is 30.2 Å². The van der Waals surface area contributed by atoms with Gasteiger partial charge in [0.1, 0.15) is 9.84 Å². The number of aromatic nitrogens is 1. The molecule has 0 fully saturated rings. The zero-order chi connectivity index (χ0) is 12.2. The molecule has 1 N–H and O–H groups in total. The first kappa shape index (κ1) is 13.1. The van der Waals surface area contributed by atoms with Gasteiger partial charge in [-0.2, -0.15) is 0 Å². The van der Waals surface area contributed by atoms with Crippen LogP contribution in [0.15, 0.2) is 18.3 Å². The molecule has 90 valence electrons. The molecular weight excluding hydrogens is 226 g/mol. The monoisotopic (exact) mass is 243 g/mol. The van der Waals surface area contributed by atoms with E-state index in [1.165, 1.54) is 6.26 Å². The predicted molar refractivity (Wildman–Crippen MR) is 62.9 cm³/mol. The Hall–Kier alpha value is -0.940. The molecule has 0 aromatic carbocycles. The molecular formula is C11H17NO3S. The summed E-state index contributed by atoms with van der Waals surface area (Å²) in [6.07, 6.45) is 3.11. The second-order valence-electron chi connectivity index (χ2n) is 4.02. The second kappa shape index (κ2) is 5.41. The average Bonchev–Trinajstić information content (AvgIpc) is 2.16. The number of aryl methyl sites for hydroxylation is 1. The number of pyridine rings is 1. The maximum atomic E-state index is 10.9. The van der Waals surface area contributed by atoms with E-state index in [0.29, 0.717) is 12.8 Å². The van der Waals surface area contributed by atoms with Crippen LogP contribution in [-0.2, 0) is 9.84 Å². The average molecular weight is 243 g/mol. The highest BCUT2D eigenvalue weighted by Crippen LogP contribution is 2.17. The maximum absolute atomic E-state index is 10.9. The number of rotatable bonds is 5. The lowest BCUT2D eigenvalue weighted by Crippen LogP contribution is -2.06. The van der Waals surface area contributed by atoms with Gasteiger partial charge in [0.2, 0.25) is 0 Å². The van der Waals surface area contributed by atoms with E-state index in [0.717, 1.165) is 11.3 Å². The van der Waals surface area contributed by atoms with Gasteiger partial charge < -0.3 is 5.11 Å². The fourth-order valence-corrected chi connectivity index (χ4v) is 2.07. The van der Waals surface area contributed by atoms with E-state index in [4.69, 9.17) is 0 Å². The topological polar surface area (TPSA) is 67.3 Å². The van der Waals surface area contributed by atoms with E-state index in [-0.39, 0.29) is 5.75 Å². The van der Waals surface area contributed by atoms with Crippen LogP contribution in [0, 0.1) is 6.92 Å². The summed E-state index contributed by atoms with van der Waals surface area (Å²) in [5.74, 6) is 0.114. The van der Waals surface area contributed by atoms with Crippen LogP contribution in [0.5, 0.6) is 0 Å². The molecule has 0 spiro atoms. The first-order valence-electron chi connectivity index (χ1n) is 5.17. The molecule has 0 saturated heterocycles. The lowest BCUT2D eigenvalue weighted by atomic mass is 10.1. The zero-order valence-corrected chi connectivity index (χ0v) is 10.4. The first-order valence-corrected chi connectivity index (χ1v) is 7.23. The molecule has 1 heterocycles. The van der Waals surface area contributed by atoms with Crippen molar-refractivity contribution in [3.8, 4) is 0 Å². The van der Waals surface area contributed by atoms with Gasteiger partial charge in [-0.15, -0.1) is 0 Å². The SMILES string of the molecule is Cc1ccc(C(O)CCCS(C)(=O)=O)cn1. The van der Waals surface area contributed by atoms with E-state index >= 15 is 0 Å². The fraction of sp³-hybridized carbons (Fsp3) is 0.545. The Morgan fingerprint density at radius 3 is 2.62 bits per heavy atom. The van der Waals surface area contributed by atoms with E-state index in [1.54, 1.807) is 6.20 Å². The number of hydrogen-bond acceptors (Lipinski definition) is 4. The predicted octanol–water partition coefficient (Wildman–Crippen LogP) is 1.25. The molecule has 4 nitrogen and oxygen atoms in total.